The molecule has 2 rings (SSSR count). The first-order chi connectivity index (χ1) is 13.0. The van der Waals surface area contributed by atoms with E-state index in [-0.39, 0.29) is 24.5 Å². The van der Waals surface area contributed by atoms with Crippen LogP contribution >= 0.6 is 0 Å². The molecule has 0 spiro atoms. The van der Waals surface area contributed by atoms with E-state index in [1.54, 1.807) is 55.6 Å². The van der Waals surface area contributed by atoms with Crippen molar-refractivity contribution in [2.45, 2.75) is 32.7 Å². The fraction of sp³-hybridized carbons (Fsp3) is 0.333. The molecule has 0 radical (unpaired) electrons. The highest BCUT2D eigenvalue weighted by Gasteiger charge is 2.11. The number of ether oxygens (including phenoxy) is 2. The number of anilines is 1. The maximum atomic E-state index is 12.2. The zero-order valence-electron chi connectivity index (χ0n) is 16.0. The average Bonchev–Trinajstić information content (AvgIpc) is 2.70. The Balaban J connectivity index is 1.85. The van der Waals surface area contributed by atoms with Crippen molar-refractivity contribution in [1.29, 1.82) is 0 Å². The summed E-state index contributed by atoms with van der Waals surface area (Å²) in [6, 6.07) is 14.0. The van der Waals surface area contributed by atoms with Crippen LogP contribution in [0.15, 0.2) is 48.5 Å². The Hall–Kier alpha value is -3.02. The van der Waals surface area contributed by atoms with Crippen LogP contribution in [0.1, 0.15) is 37.0 Å². The van der Waals surface area contributed by atoms with Crippen LogP contribution in [0.2, 0.25) is 0 Å². The molecule has 27 heavy (non-hydrogen) atoms. The summed E-state index contributed by atoms with van der Waals surface area (Å²) in [5.41, 5.74) is 1.20. The van der Waals surface area contributed by atoms with Crippen LogP contribution in [0.5, 0.6) is 11.5 Å². The lowest BCUT2D eigenvalue weighted by molar-refractivity contribution is -0.118. The number of hydrogen-bond acceptors (Lipinski definition) is 4. The van der Waals surface area contributed by atoms with Crippen molar-refractivity contribution in [3.05, 3.63) is 54.1 Å². The van der Waals surface area contributed by atoms with Crippen molar-refractivity contribution in [3.8, 4) is 11.5 Å². The zero-order valence-corrected chi connectivity index (χ0v) is 16.0. The van der Waals surface area contributed by atoms with E-state index in [1.165, 1.54) is 0 Å². The van der Waals surface area contributed by atoms with Crippen molar-refractivity contribution in [2.24, 2.45) is 0 Å². The molecule has 0 atom stereocenters. The number of carbonyl (C=O) groups excluding carboxylic acids is 2. The fourth-order valence-corrected chi connectivity index (χ4v) is 2.51. The monoisotopic (exact) mass is 370 g/mol. The summed E-state index contributed by atoms with van der Waals surface area (Å²) in [4.78, 5) is 24.2. The number of hydrogen-bond donors (Lipinski definition) is 2. The summed E-state index contributed by atoms with van der Waals surface area (Å²) in [6.07, 6.45) is 1.79. The van der Waals surface area contributed by atoms with Gasteiger partial charge in [0.2, 0.25) is 0 Å². The second kappa shape index (κ2) is 10.2. The summed E-state index contributed by atoms with van der Waals surface area (Å²) in [6.45, 7) is 3.96. The van der Waals surface area contributed by atoms with Crippen molar-refractivity contribution in [2.75, 3.05) is 19.0 Å². The molecule has 0 saturated carbocycles. The minimum atomic E-state index is -0.279. The van der Waals surface area contributed by atoms with Gasteiger partial charge in [0, 0.05) is 23.4 Å². The predicted octanol–water partition coefficient (Wildman–Crippen LogP) is 3.63. The van der Waals surface area contributed by atoms with Crippen LogP contribution in [0.4, 0.5) is 5.69 Å². The molecule has 0 unspecified atom stereocenters. The molecular weight excluding hydrogens is 344 g/mol. The average molecular weight is 370 g/mol. The Bertz CT molecular complexity index is 755. The molecule has 144 valence electrons. The van der Waals surface area contributed by atoms with E-state index in [0.717, 1.165) is 12.8 Å². The number of benzene rings is 2. The Morgan fingerprint density at radius 2 is 1.70 bits per heavy atom. The molecule has 2 aromatic carbocycles. The standard InChI is InChI=1S/C21H26N2O4/c1-4-16(5-2)23-21(25)15-9-11-18(12-10-15)27-14-20(24)22-17-7-6-8-19(13-17)26-3/h6-13,16H,4-5,14H2,1-3H3,(H,22,24)(H,23,25). The number of amides is 2. The van der Waals surface area contributed by atoms with Crippen LogP contribution in [0.25, 0.3) is 0 Å². The van der Waals surface area contributed by atoms with E-state index >= 15 is 0 Å². The van der Waals surface area contributed by atoms with Crippen LogP contribution in [-0.4, -0.2) is 31.6 Å². The van der Waals surface area contributed by atoms with Gasteiger partial charge in [-0.25, -0.2) is 0 Å². The van der Waals surface area contributed by atoms with E-state index in [0.29, 0.717) is 22.7 Å². The van der Waals surface area contributed by atoms with Crippen LogP contribution in [0, 0.1) is 0 Å². The van der Waals surface area contributed by atoms with E-state index in [9.17, 15) is 9.59 Å². The molecule has 0 aliphatic heterocycles. The second-order valence-corrected chi connectivity index (χ2v) is 6.08. The molecule has 2 amide bonds. The van der Waals surface area contributed by atoms with Gasteiger partial charge >= 0.3 is 0 Å². The van der Waals surface area contributed by atoms with Gasteiger partial charge in [0.25, 0.3) is 11.8 Å². The SMILES string of the molecule is CCC(CC)NC(=O)c1ccc(OCC(=O)Nc2cccc(OC)c2)cc1. The van der Waals surface area contributed by atoms with Crippen LogP contribution < -0.4 is 20.1 Å². The Labute approximate surface area is 159 Å². The zero-order chi connectivity index (χ0) is 19.6. The molecule has 0 saturated heterocycles. The summed E-state index contributed by atoms with van der Waals surface area (Å²) in [5.74, 6) is 0.802. The molecule has 0 aliphatic rings. The van der Waals surface area contributed by atoms with Crippen molar-refractivity contribution in [1.82, 2.24) is 5.32 Å². The summed E-state index contributed by atoms with van der Waals surface area (Å²) in [7, 11) is 1.57. The van der Waals surface area contributed by atoms with Gasteiger partial charge in [0.05, 0.1) is 7.11 Å². The fourth-order valence-electron chi connectivity index (χ4n) is 2.51. The van der Waals surface area contributed by atoms with Gasteiger partial charge in [-0.05, 0) is 49.2 Å². The molecule has 0 heterocycles. The summed E-state index contributed by atoms with van der Waals surface area (Å²) in [5, 5.41) is 5.73. The van der Waals surface area contributed by atoms with Gasteiger partial charge in [-0.3, -0.25) is 9.59 Å². The molecule has 6 heteroatoms. The third-order valence-corrected chi connectivity index (χ3v) is 4.16. The second-order valence-electron chi connectivity index (χ2n) is 6.08. The normalized spacial score (nSPS) is 10.4. The lowest BCUT2D eigenvalue weighted by Gasteiger charge is -2.14. The molecule has 2 N–H and O–H groups in total. The Morgan fingerprint density at radius 3 is 2.33 bits per heavy atom. The number of nitrogens with one attached hydrogen (secondary N) is 2. The maximum Gasteiger partial charge on any atom is 0.262 e. The molecule has 6 nitrogen and oxygen atoms in total. The molecule has 0 aromatic heterocycles. The molecular formula is C21H26N2O4. The van der Waals surface area contributed by atoms with Crippen LogP contribution in [-0.2, 0) is 4.79 Å². The van der Waals surface area contributed by atoms with Crippen LogP contribution in [0.3, 0.4) is 0 Å². The van der Waals surface area contributed by atoms with Gasteiger partial charge in [0.1, 0.15) is 11.5 Å². The molecule has 0 bridgehead atoms. The highest BCUT2D eigenvalue weighted by Crippen LogP contribution is 2.17. The highest BCUT2D eigenvalue weighted by atomic mass is 16.5. The van der Waals surface area contributed by atoms with Crippen molar-refractivity contribution >= 4 is 17.5 Å². The van der Waals surface area contributed by atoms with Crippen molar-refractivity contribution < 1.29 is 19.1 Å². The number of methoxy groups -OCH3 is 1. The summed E-state index contributed by atoms with van der Waals surface area (Å²) < 4.78 is 10.6. The van der Waals surface area contributed by atoms with E-state index in [2.05, 4.69) is 10.6 Å². The predicted molar refractivity (Wildman–Crippen MR) is 105 cm³/mol. The lowest BCUT2D eigenvalue weighted by atomic mass is 10.1. The largest absolute Gasteiger partial charge is 0.497 e. The van der Waals surface area contributed by atoms with Gasteiger partial charge in [-0.1, -0.05) is 19.9 Å². The number of rotatable bonds is 9. The smallest absolute Gasteiger partial charge is 0.262 e. The minimum absolute atomic E-state index is 0.106. The molecule has 2 aromatic rings. The van der Waals surface area contributed by atoms with Gasteiger partial charge in [-0.15, -0.1) is 0 Å². The third kappa shape index (κ3) is 6.33. The topological polar surface area (TPSA) is 76.7 Å². The first kappa shape index (κ1) is 20.3. The first-order valence-corrected chi connectivity index (χ1v) is 9.03. The van der Waals surface area contributed by atoms with Gasteiger partial charge < -0.3 is 20.1 Å². The Morgan fingerprint density at radius 1 is 1.00 bits per heavy atom. The number of carbonyl (C=O) groups is 2. The van der Waals surface area contributed by atoms with Gasteiger partial charge in [-0.2, -0.15) is 0 Å². The molecule has 0 fully saturated rings. The highest BCUT2D eigenvalue weighted by molar-refractivity contribution is 5.94. The molecule has 0 aliphatic carbocycles. The quantitative estimate of drug-likeness (QED) is 0.707. The lowest BCUT2D eigenvalue weighted by Crippen LogP contribution is -2.33. The summed E-state index contributed by atoms with van der Waals surface area (Å²) >= 11 is 0. The van der Waals surface area contributed by atoms with E-state index in [4.69, 9.17) is 9.47 Å². The van der Waals surface area contributed by atoms with E-state index < -0.39 is 0 Å². The van der Waals surface area contributed by atoms with Gasteiger partial charge in [0.15, 0.2) is 6.61 Å². The first-order valence-electron chi connectivity index (χ1n) is 9.03. The minimum Gasteiger partial charge on any atom is -0.497 e. The Kier molecular flexibility index (Phi) is 7.67. The third-order valence-electron chi connectivity index (χ3n) is 4.16. The maximum absolute atomic E-state index is 12.2. The van der Waals surface area contributed by atoms with Crippen molar-refractivity contribution in [3.63, 3.8) is 0 Å². The van der Waals surface area contributed by atoms with E-state index in [1.807, 2.05) is 13.8 Å².